The lowest BCUT2D eigenvalue weighted by atomic mass is 10.0. The number of nitrogens with two attached hydrogens (primary N) is 1. The number of hydrogen-bond donors (Lipinski definition) is 1. The van der Waals surface area contributed by atoms with Crippen molar-refractivity contribution in [2.45, 2.75) is 19.8 Å². The summed E-state index contributed by atoms with van der Waals surface area (Å²) in [5.41, 5.74) is 6.05. The highest BCUT2D eigenvalue weighted by Gasteiger charge is 2.19. The first-order chi connectivity index (χ1) is 11.4. The second-order valence-corrected chi connectivity index (χ2v) is 6.52. The van der Waals surface area contributed by atoms with E-state index in [1.54, 1.807) is 18.2 Å². The zero-order valence-electron chi connectivity index (χ0n) is 13.4. The van der Waals surface area contributed by atoms with E-state index in [0.29, 0.717) is 10.5 Å². The largest absolute Gasteiger partial charge is 0.493 e. The van der Waals surface area contributed by atoms with Crippen LogP contribution in [0.1, 0.15) is 30.3 Å². The van der Waals surface area contributed by atoms with Gasteiger partial charge in [0.15, 0.2) is 5.76 Å². The van der Waals surface area contributed by atoms with Crippen LogP contribution >= 0.6 is 11.3 Å². The predicted molar refractivity (Wildman–Crippen MR) is 92.9 cm³/mol. The Kier molecular flexibility index (Phi) is 4.06. The highest BCUT2D eigenvalue weighted by atomic mass is 32.1. The Labute approximate surface area is 141 Å². The van der Waals surface area contributed by atoms with Gasteiger partial charge in [-0.1, -0.05) is 37.3 Å². The Morgan fingerprint density at radius 3 is 2.79 bits per heavy atom. The molecular formula is C16H16N4O3S. The van der Waals surface area contributed by atoms with Crippen molar-refractivity contribution in [1.82, 2.24) is 14.6 Å². The quantitative estimate of drug-likeness (QED) is 0.854. The molecule has 0 fully saturated rings. The molecule has 0 spiro atoms. The van der Waals surface area contributed by atoms with E-state index < -0.39 is 5.56 Å². The fraction of sp³-hybridized carbons (Fsp3) is 0.250. The normalized spacial score (nSPS) is 16.2. The highest BCUT2D eigenvalue weighted by molar-refractivity contribution is 7.16. The van der Waals surface area contributed by atoms with Gasteiger partial charge in [0.05, 0.1) is 12.7 Å². The van der Waals surface area contributed by atoms with E-state index in [1.165, 1.54) is 29.0 Å². The number of rotatable bonds is 3. The average Bonchev–Trinajstić information content (AvgIpc) is 2.97. The molecule has 124 valence electrons. The van der Waals surface area contributed by atoms with Crippen LogP contribution in [0.5, 0.6) is 0 Å². The fourth-order valence-electron chi connectivity index (χ4n) is 2.23. The molecule has 0 aliphatic heterocycles. The molecule has 0 saturated heterocycles. The SMILES string of the molecule is COC1=CC=C/C(=C\c2c(N)n3nc(C(C)C)sc3nc2=O)C1=O. The number of nitrogens with zero attached hydrogens (tertiary/aromatic N) is 3. The molecule has 7 nitrogen and oxygen atoms in total. The number of ketones is 1. The van der Waals surface area contributed by atoms with Crippen molar-refractivity contribution >= 4 is 34.0 Å². The third kappa shape index (κ3) is 2.65. The summed E-state index contributed by atoms with van der Waals surface area (Å²) in [4.78, 5) is 29.0. The number of methoxy groups -OCH3 is 1. The molecule has 0 amide bonds. The monoisotopic (exact) mass is 344 g/mol. The molecule has 2 aromatic rings. The molecule has 2 aromatic heterocycles. The number of hydrogen-bond acceptors (Lipinski definition) is 7. The fourth-order valence-corrected chi connectivity index (χ4v) is 3.13. The second-order valence-electron chi connectivity index (χ2n) is 5.53. The van der Waals surface area contributed by atoms with Crippen LogP contribution < -0.4 is 11.3 Å². The molecule has 0 aromatic carbocycles. The van der Waals surface area contributed by atoms with Gasteiger partial charge in [0.1, 0.15) is 10.8 Å². The molecular weight excluding hydrogens is 328 g/mol. The van der Waals surface area contributed by atoms with Gasteiger partial charge in [-0.05, 0) is 12.2 Å². The molecule has 24 heavy (non-hydrogen) atoms. The number of Topliss-reactive ketones (excluding diaryl/α,β-unsaturated/α-hetero) is 1. The number of nitrogen functional groups attached to an aromatic ring is 1. The second kappa shape index (κ2) is 6.04. The Morgan fingerprint density at radius 1 is 1.38 bits per heavy atom. The van der Waals surface area contributed by atoms with Crippen molar-refractivity contribution in [1.29, 1.82) is 0 Å². The van der Waals surface area contributed by atoms with Crippen molar-refractivity contribution in [3.05, 3.63) is 50.5 Å². The van der Waals surface area contributed by atoms with Crippen molar-refractivity contribution in [2.75, 3.05) is 12.8 Å². The number of carbonyl (C=O) groups excluding carboxylic acids is 1. The molecule has 1 aliphatic rings. The third-order valence-corrected chi connectivity index (χ3v) is 4.74. The van der Waals surface area contributed by atoms with Gasteiger partial charge < -0.3 is 10.5 Å². The van der Waals surface area contributed by atoms with Gasteiger partial charge in [0, 0.05) is 11.5 Å². The first-order valence-electron chi connectivity index (χ1n) is 7.30. The van der Waals surface area contributed by atoms with Crippen LogP contribution in [-0.4, -0.2) is 27.5 Å². The van der Waals surface area contributed by atoms with E-state index >= 15 is 0 Å². The summed E-state index contributed by atoms with van der Waals surface area (Å²) in [7, 11) is 1.42. The molecule has 0 saturated carbocycles. The Morgan fingerprint density at radius 2 is 2.12 bits per heavy atom. The van der Waals surface area contributed by atoms with E-state index in [2.05, 4.69) is 10.1 Å². The summed E-state index contributed by atoms with van der Waals surface area (Å²) in [6.07, 6.45) is 6.26. The smallest absolute Gasteiger partial charge is 0.283 e. The maximum atomic E-state index is 12.3. The Hall–Kier alpha value is -2.74. The zero-order chi connectivity index (χ0) is 17.4. The van der Waals surface area contributed by atoms with E-state index in [4.69, 9.17) is 10.5 Å². The van der Waals surface area contributed by atoms with Gasteiger partial charge in [0.2, 0.25) is 10.7 Å². The van der Waals surface area contributed by atoms with Crippen LogP contribution in [-0.2, 0) is 9.53 Å². The lowest BCUT2D eigenvalue weighted by Gasteiger charge is -2.09. The molecule has 0 atom stereocenters. The van der Waals surface area contributed by atoms with Crippen molar-refractivity contribution in [3.63, 3.8) is 0 Å². The lowest BCUT2D eigenvalue weighted by molar-refractivity contribution is -0.114. The van der Waals surface area contributed by atoms with E-state index in [9.17, 15) is 9.59 Å². The molecule has 0 bridgehead atoms. The molecule has 2 heterocycles. The molecule has 8 heteroatoms. The van der Waals surface area contributed by atoms with Crippen molar-refractivity contribution in [3.8, 4) is 0 Å². The topological polar surface area (TPSA) is 99.6 Å². The summed E-state index contributed by atoms with van der Waals surface area (Å²) in [5, 5.41) is 5.23. The number of carbonyl (C=O) groups is 1. The van der Waals surface area contributed by atoms with E-state index in [-0.39, 0.29) is 28.8 Å². The summed E-state index contributed by atoms with van der Waals surface area (Å²) in [5.74, 6) is 0.248. The lowest BCUT2D eigenvalue weighted by Crippen LogP contribution is -2.18. The minimum absolute atomic E-state index is 0.137. The third-order valence-electron chi connectivity index (χ3n) is 3.53. The van der Waals surface area contributed by atoms with Crippen LogP contribution in [0.2, 0.25) is 0 Å². The minimum Gasteiger partial charge on any atom is -0.493 e. The molecule has 2 N–H and O–H groups in total. The first kappa shape index (κ1) is 16.1. The van der Waals surface area contributed by atoms with Crippen molar-refractivity contribution in [2.24, 2.45) is 0 Å². The van der Waals surface area contributed by atoms with Gasteiger partial charge in [0.25, 0.3) is 5.56 Å². The average molecular weight is 344 g/mol. The van der Waals surface area contributed by atoms with Crippen LogP contribution in [0.4, 0.5) is 5.82 Å². The molecule has 0 radical (unpaired) electrons. The van der Waals surface area contributed by atoms with Gasteiger partial charge in [-0.25, -0.2) is 0 Å². The standard InChI is InChI=1S/C16H16N4O3S/c1-8(2)15-19-20-13(17)10(14(22)18-16(20)24-15)7-9-5-4-6-11(23-3)12(9)21/h4-8H,17H2,1-3H3/b9-7+. The van der Waals surface area contributed by atoms with Gasteiger partial charge in [-0.2, -0.15) is 14.6 Å². The van der Waals surface area contributed by atoms with Crippen LogP contribution in [0.15, 0.2) is 34.4 Å². The summed E-state index contributed by atoms with van der Waals surface area (Å²) < 4.78 is 6.45. The Bertz CT molecular complexity index is 979. The van der Waals surface area contributed by atoms with Gasteiger partial charge >= 0.3 is 0 Å². The number of fused-ring (bicyclic) bond motifs is 1. The zero-order valence-corrected chi connectivity index (χ0v) is 14.3. The Balaban J connectivity index is 2.15. The minimum atomic E-state index is -0.492. The maximum Gasteiger partial charge on any atom is 0.283 e. The maximum absolute atomic E-state index is 12.3. The molecule has 1 aliphatic carbocycles. The van der Waals surface area contributed by atoms with Crippen molar-refractivity contribution < 1.29 is 9.53 Å². The molecule has 3 rings (SSSR count). The summed E-state index contributed by atoms with van der Waals surface area (Å²) in [6, 6.07) is 0. The number of anilines is 1. The number of aromatic nitrogens is 3. The van der Waals surface area contributed by atoms with E-state index in [0.717, 1.165) is 5.01 Å². The number of allylic oxidation sites excluding steroid dienone is 4. The predicted octanol–water partition coefficient (Wildman–Crippen LogP) is 1.91. The van der Waals surface area contributed by atoms with Gasteiger partial charge in [-0.3, -0.25) is 9.59 Å². The van der Waals surface area contributed by atoms with Crippen LogP contribution in [0.25, 0.3) is 11.0 Å². The van der Waals surface area contributed by atoms with E-state index in [1.807, 2.05) is 13.8 Å². The first-order valence-corrected chi connectivity index (χ1v) is 8.12. The highest BCUT2D eigenvalue weighted by Crippen LogP contribution is 2.24. The summed E-state index contributed by atoms with van der Waals surface area (Å²) >= 11 is 1.32. The number of ether oxygens (including phenoxy) is 1. The van der Waals surface area contributed by atoms with Crippen LogP contribution in [0, 0.1) is 0 Å². The van der Waals surface area contributed by atoms with Crippen LogP contribution in [0.3, 0.4) is 0 Å². The van der Waals surface area contributed by atoms with Gasteiger partial charge in [-0.15, -0.1) is 0 Å². The summed E-state index contributed by atoms with van der Waals surface area (Å²) in [6.45, 7) is 4.00. The molecule has 0 unspecified atom stereocenters.